The summed E-state index contributed by atoms with van der Waals surface area (Å²) < 4.78 is 13.1. The fourth-order valence-electron chi connectivity index (χ4n) is 7.38. The number of carboxylic acid groups (broad SMARTS) is 1. The zero-order chi connectivity index (χ0) is 27.0. The molecule has 0 unspecified atom stereocenters. The first-order chi connectivity index (χ1) is 18.2. The summed E-state index contributed by atoms with van der Waals surface area (Å²) in [5, 5.41) is 9.55. The number of aliphatic carboxylic acids is 1. The van der Waals surface area contributed by atoms with Crippen LogP contribution in [-0.2, 0) is 27.2 Å². The van der Waals surface area contributed by atoms with Crippen LogP contribution < -0.4 is 0 Å². The van der Waals surface area contributed by atoms with E-state index >= 15 is 0 Å². The summed E-state index contributed by atoms with van der Waals surface area (Å²) in [5.74, 6) is 0.405. The summed E-state index contributed by atoms with van der Waals surface area (Å²) in [5.41, 5.74) is 4.75. The molecule has 1 N–H and O–H groups in total. The average Bonchev–Trinajstić information content (AvgIpc) is 3.33. The highest BCUT2D eigenvalue weighted by Crippen LogP contribution is 2.45. The summed E-state index contributed by atoms with van der Waals surface area (Å²) in [4.78, 5) is 31.0. The second kappa shape index (κ2) is 10.9. The lowest BCUT2D eigenvalue weighted by Crippen LogP contribution is -2.35. The third-order valence-electron chi connectivity index (χ3n) is 9.67. The molecule has 0 spiro atoms. The fourth-order valence-corrected chi connectivity index (χ4v) is 7.38. The van der Waals surface area contributed by atoms with Crippen molar-refractivity contribution in [2.45, 2.75) is 103 Å². The molecule has 0 saturated heterocycles. The van der Waals surface area contributed by atoms with Crippen LogP contribution in [0.1, 0.15) is 101 Å². The number of carbonyl (C=O) groups is 2. The van der Waals surface area contributed by atoms with Crippen LogP contribution in [0.5, 0.6) is 0 Å². The van der Waals surface area contributed by atoms with Crippen molar-refractivity contribution in [2.24, 2.45) is 11.3 Å². The van der Waals surface area contributed by atoms with Crippen molar-refractivity contribution in [3.63, 3.8) is 0 Å². The average molecular weight is 526 g/mol. The van der Waals surface area contributed by atoms with Crippen molar-refractivity contribution in [3.8, 4) is 0 Å². The van der Waals surface area contributed by atoms with Crippen molar-refractivity contribution in [3.05, 3.63) is 29.1 Å². The van der Waals surface area contributed by atoms with Gasteiger partial charge in [0, 0.05) is 31.2 Å². The highest BCUT2D eigenvalue weighted by Gasteiger charge is 2.36. The lowest BCUT2D eigenvalue weighted by molar-refractivity contribution is -0.142. The Labute approximate surface area is 225 Å². The van der Waals surface area contributed by atoms with Crippen LogP contribution in [0.4, 0.5) is 4.79 Å². The van der Waals surface area contributed by atoms with E-state index in [9.17, 15) is 14.7 Å². The van der Waals surface area contributed by atoms with Crippen LogP contribution in [0.3, 0.4) is 0 Å². The molecule has 2 aliphatic carbocycles. The molecule has 1 aromatic heterocycles. The van der Waals surface area contributed by atoms with E-state index in [-0.39, 0.29) is 29.4 Å². The van der Waals surface area contributed by atoms with E-state index in [0.29, 0.717) is 32.0 Å². The number of rotatable bonds is 6. The Morgan fingerprint density at radius 2 is 1.84 bits per heavy atom. The standard InChI is InChI=1S/C30H43N3O5/c1-19(17-30(2)14-11-23(37-3)12-15-30)33-25-10-9-20-13-16-32(29(36)38-4)18-24(20)26(25)31-27(33)21-5-7-22(8-6-21)28(34)35/h9-10,19,21-23H,5-8,11-18H2,1-4H3,(H,34,35)/t19-,21-,22-,23-,30+/m0/s1. The quantitative estimate of drug-likeness (QED) is 0.492. The van der Waals surface area contributed by atoms with Crippen molar-refractivity contribution in [2.75, 3.05) is 20.8 Å². The van der Waals surface area contributed by atoms with Gasteiger partial charge in [0.15, 0.2) is 0 Å². The molecular weight excluding hydrogens is 482 g/mol. The number of methoxy groups -OCH3 is 2. The van der Waals surface area contributed by atoms with Crippen LogP contribution in [0, 0.1) is 11.3 Å². The molecular formula is C30H43N3O5. The molecule has 0 radical (unpaired) electrons. The molecule has 2 heterocycles. The Morgan fingerprint density at radius 1 is 1.13 bits per heavy atom. The number of carboxylic acids is 1. The number of ether oxygens (including phenoxy) is 2. The minimum atomic E-state index is -0.679. The minimum Gasteiger partial charge on any atom is -0.481 e. The van der Waals surface area contributed by atoms with E-state index in [1.54, 1.807) is 4.90 Å². The zero-order valence-corrected chi connectivity index (χ0v) is 23.4. The highest BCUT2D eigenvalue weighted by molar-refractivity contribution is 5.82. The van der Waals surface area contributed by atoms with Crippen LogP contribution in [0.25, 0.3) is 11.0 Å². The molecule has 8 heteroatoms. The highest BCUT2D eigenvalue weighted by atomic mass is 16.5. The first kappa shape index (κ1) is 27.0. The molecule has 3 aliphatic rings. The maximum absolute atomic E-state index is 12.3. The maximum atomic E-state index is 12.3. The molecule has 38 heavy (non-hydrogen) atoms. The largest absolute Gasteiger partial charge is 0.481 e. The molecule has 2 fully saturated rings. The van der Waals surface area contributed by atoms with Crippen molar-refractivity contribution >= 4 is 23.1 Å². The summed E-state index contributed by atoms with van der Waals surface area (Å²) >= 11 is 0. The lowest BCUT2D eigenvalue weighted by atomic mass is 9.71. The first-order valence-corrected chi connectivity index (χ1v) is 14.3. The number of imidazole rings is 1. The van der Waals surface area contributed by atoms with Gasteiger partial charge in [-0.1, -0.05) is 13.0 Å². The van der Waals surface area contributed by atoms with Gasteiger partial charge < -0.3 is 24.0 Å². The van der Waals surface area contributed by atoms with Crippen LogP contribution in [-0.4, -0.2) is 58.5 Å². The van der Waals surface area contributed by atoms with Crippen molar-refractivity contribution < 1.29 is 24.2 Å². The van der Waals surface area contributed by atoms with E-state index in [1.807, 2.05) is 7.11 Å². The van der Waals surface area contributed by atoms with E-state index in [1.165, 1.54) is 12.7 Å². The monoisotopic (exact) mass is 525 g/mol. The molecule has 1 atom stereocenters. The summed E-state index contributed by atoms with van der Waals surface area (Å²) in [6.07, 6.45) is 9.54. The minimum absolute atomic E-state index is 0.244. The zero-order valence-electron chi connectivity index (χ0n) is 23.4. The number of carbonyl (C=O) groups excluding carboxylic acids is 1. The molecule has 0 bridgehead atoms. The third kappa shape index (κ3) is 5.16. The van der Waals surface area contributed by atoms with Crippen LogP contribution >= 0.6 is 0 Å². The predicted molar refractivity (Wildman–Crippen MR) is 145 cm³/mol. The predicted octanol–water partition coefficient (Wildman–Crippen LogP) is 6.07. The summed E-state index contributed by atoms with van der Waals surface area (Å²) in [7, 11) is 3.25. The van der Waals surface area contributed by atoms with Gasteiger partial charge in [-0.2, -0.15) is 0 Å². The van der Waals surface area contributed by atoms with Gasteiger partial charge in [-0.25, -0.2) is 9.78 Å². The Morgan fingerprint density at radius 3 is 2.47 bits per heavy atom. The summed E-state index contributed by atoms with van der Waals surface area (Å²) in [6, 6.07) is 4.70. The third-order valence-corrected chi connectivity index (χ3v) is 9.67. The van der Waals surface area contributed by atoms with E-state index in [4.69, 9.17) is 14.5 Å². The number of amides is 1. The summed E-state index contributed by atoms with van der Waals surface area (Å²) in [6.45, 7) is 5.89. The number of fused-ring (bicyclic) bond motifs is 3. The molecule has 1 aromatic carbocycles. The van der Waals surface area contributed by atoms with E-state index in [0.717, 1.165) is 73.8 Å². The Balaban J connectivity index is 1.51. The molecule has 1 aliphatic heterocycles. The van der Waals surface area contributed by atoms with E-state index in [2.05, 4.69) is 30.5 Å². The maximum Gasteiger partial charge on any atom is 0.409 e. The second-order valence-electron chi connectivity index (χ2n) is 12.2. The van der Waals surface area contributed by atoms with E-state index < -0.39 is 5.97 Å². The number of aromatic nitrogens is 2. The topological polar surface area (TPSA) is 93.9 Å². The Hall–Kier alpha value is -2.61. The van der Waals surface area contributed by atoms with Gasteiger partial charge in [0.25, 0.3) is 0 Å². The molecule has 5 rings (SSSR count). The van der Waals surface area contributed by atoms with Crippen LogP contribution in [0.15, 0.2) is 12.1 Å². The normalized spacial score (nSPS) is 28.6. The van der Waals surface area contributed by atoms with Crippen molar-refractivity contribution in [1.82, 2.24) is 14.5 Å². The van der Waals surface area contributed by atoms with Gasteiger partial charge in [0.2, 0.25) is 0 Å². The number of nitrogens with zero attached hydrogens (tertiary/aromatic N) is 3. The number of benzene rings is 1. The van der Waals surface area contributed by atoms with Gasteiger partial charge in [0.05, 0.1) is 36.7 Å². The molecule has 8 nitrogen and oxygen atoms in total. The second-order valence-corrected chi connectivity index (χ2v) is 12.2. The fraction of sp³-hybridized carbons (Fsp3) is 0.700. The molecule has 2 saturated carbocycles. The van der Waals surface area contributed by atoms with Gasteiger partial charge >= 0.3 is 12.1 Å². The number of hydrogen-bond donors (Lipinski definition) is 1. The van der Waals surface area contributed by atoms with Gasteiger partial charge in [-0.15, -0.1) is 0 Å². The van der Waals surface area contributed by atoms with Gasteiger partial charge in [0.1, 0.15) is 5.82 Å². The van der Waals surface area contributed by atoms with Gasteiger partial charge in [-0.05, 0) is 88.2 Å². The molecule has 2 aromatic rings. The smallest absolute Gasteiger partial charge is 0.409 e. The Kier molecular flexibility index (Phi) is 7.72. The van der Waals surface area contributed by atoms with Crippen molar-refractivity contribution in [1.29, 1.82) is 0 Å². The first-order valence-electron chi connectivity index (χ1n) is 14.3. The molecule has 208 valence electrons. The van der Waals surface area contributed by atoms with Crippen LogP contribution in [0.2, 0.25) is 0 Å². The Bertz CT molecular complexity index is 1170. The SMILES string of the molecule is COC(=O)N1CCc2ccc3c(nc([C@H]4CC[C@H](C(=O)O)CC4)n3[C@@H](C)C[C@]3(C)CC[C@H](OC)CC3)c2C1. The number of hydrogen-bond acceptors (Lipinski definition) is 5. The van der Waals surface area contributed by atoms with Gasteiger partial charge in [-0.3, -0.25) is 4.79 Å². The molecule has 1 amide bonds. The lowest BCUT2D eigenvalue weighted by Gasteiger charge is -2.39.